The number of aliphatic carboxylic acids is 1. The zero-order valence-electron chi connectivity index (χ0n) is 16.6. The Morgan fingerprint density at radius 2 is 1.71 bits per heavy atom. The zero-order valence-corrected chi connectivity index (χ0v) is 17.4. The van der Waals surface area contributed by atoms with Crippen LogP contribution in [0.2, 0.25) is 0 Å². The third kappa shape index (κ3) is 4.57. The van der Waals surface area contributed by atoms with Crippen molar-refractivity contribution in [3.05, 3.63) is 16.0 Å². The number of ether oxygens (including phenoxy) is 1. The van der Waals surface area contributed by atoms with Gasteiger partial charge in [0.15, 0.2) is 0 Å². The Labute approximate surface area is 169 Å². The van der Waals surface area contributed by atoms with Crippen LogP contribution in [0.15, 0.2) is 0 Å². The molecule has 1 amide bonds. The van der Waals surface area contributed by atoms with Crippen LogP contribution in [0, 0.1) is 11.8 Å². The summed E-state index contributed by atoms with van der Waals surface area (Å²) in [5, 5.41) is 12.9. The van der Waals surface area contributed by atoms with E-state index in [4.69, 9.17) is 4.74 Å². The topological polar surface area (TPSA) is 92.7 Å². The summed E-state index contributed by atoms with van der Waals surface area (Å²) in [6.07, 6.45) is 7.47. The fraction of sp³-hybridized carbons (Fsp3) is 0.667. The average molecular weight is 408 g/mol. The lowest BCUT2D eigenvalue weighted by atomic mass is 9.79. The normalized spacial score (nSPS) is 22.2. The first-order valence-electron chi connectivity index (χ1n) is 10.3. The molecule has 1 aromatic heterocycles. The summed E-state index contributed by atoms with van der Waals surface area (Å²) in [5.41, 5.74) is 1.48. The molecule has 2 aliphatic rings. The summed E-state index contributed by atoms with van der Waals surface area (Å²) in [5.74, 6) is -2.81. The van der Waals surface area contributed by atoms with Crippen LogP contribution >= 0.6 is 11.3 Å². The highest BCUT2D eigenvalue weighted by molar-refractivity contribution is 7.17. The van der Waals surface area contributed by atoms with E-state index in [-0.39, 0.29) is 12.0 Å². The minimum absolute atomic E-state index is 0.243. The number of carbonyl (C=O) groups excluding carboxylic acids is 2. The summed E-state index contributed by atoms with van der Waals surface area (Å²) in [4.78, 5) is 38.4. The first-order chi connectivity index (χ1) is 13.4. The van der Waals surface area contributed by atoms with Gasteiger partial charge in [-0.25, -0.2) is 4.79 Å². The highest BCUT2D eigenvalue weighted by Crippen LogP contribution is 2.39. The minimum Gasteiger partial charge on any atom is -0.481 e. The molecule has 1 heterocycles. The molecule has 3 rings (SSSR count). The highest BCUT2D eigenvalue weighted by Gasteiger charge is 2.37. The van der Waals surface area contributed by atoms with Gasteiger partial charge < -0.3 is 15.2 Å². The molecule has 2 aliphatic carbocycles. The smallest absolute Gasteiger partial charge is 0.341 e. The van der Waals surface area contributed by atoms with Crippen molar-refractivity contribution in [2.75, 3.05) is 5.32 Å². The molecule has 1 aromatic rings. The number of hydrogen-bond donors (Lipinski definition) is 2. The molecule has 2 unspecified atom stereocenters. The lowest BCUT2D eigenvalue weighted by Gasteiger charge is -2.27. The molecular formula is C21H29NO5S. The largest absolute Gasteiger partial charge is 0.481 e. The van der Waals surface area contributed by atoms with Crippen molar-refractivity contribution in [1.29, 1.82) is 0 Å². The fourth-order valence-electron chi connectivity index (χ4n) is 4.26. The molecule has 6 nitrogen and oxygen atoms in total. The molecule has 1 saturated carbocycles. The number of hydrogen-bond acceptors (Lipinski definition) is 5. The number of amides is 1. The highest BCUT2D eigenvalue weighted by atomic mass is 32.1. The van der Waals surface area contributed by atoms with Gasteiger partial charge >= 0.3 is 11.9 Å². The van der Waals surface area contributed by atoms with Crippen LogP contribution in [0.5, 0.6) is 0 Å². The lowest BCUT2D eigenvalue weighted by Crippen LogP contribution is -2.36. The Bertz CT molecular complexity index is 754. The van der Waals surface area contributed by atoms with E-state index in [2.05, 4.69) is 5.32 Å². The van der Waals surface area contributed by atoms with Crippen LogP contribution in [0.1, 0.15) is 79.6 Å². The van der Waals surface area contributed by atoms with E-state index in [1.165, 1.54) is 11.3 Å². The van der Waals surface area contributed by atoms with E-state index in [0.717, 1.165) is 55.4 Å². The molecule has 0 spiro atoms. The summed E-state index contributed by atoms with van der Waals surface area (Å²) in [7, 11) is 0. The third-order valence-corrected chi connectivity index (χ3v) is 6.83. The third-order valence-electron chi connectivity index (χ3n) is 5.62. The van der Waals surface area contributed by atoms with Crippen molar-refractivity contribution in [2.45, 2.75) is 77.7 Å². The van der Waals surface area contributed by atoms with Gasteiger partial charge in [-0.2, -0.15) is 0 Å². The van der Waals surface area contributed by atoms with Gasteiger partial charge in [-0.3, -0.25) is 9.59 Å². The maximum Gasteiger partial charge on any atom is 0.341 e. The quantitative estimate of drug-likeness (QED) is 0.557. The van der Waals surface area contributed by atoms with Crippen LogP contribution in [0.25, 0.3) is 0 Å². The fourth-order valence-corrected chi connectivity index (χ4v) is 5.54. The Hall–Kier alpha value is -1.89. The first-order valence-corrected chi connectivity index (χ1v) is 11.1. The molecule has 0 radical (unpaired) electrons. The molecule has 1 fully saturated rings. The molecule has 0 aliphatic heterocycles. The maximum absolute atomic E-state index is 12.9. The van der Waals surface area contributed by atoms with Crippen molar-refractivity contribution in [1.82, 2.24) is 0 Å². The van der Waals surface area contributed by atoms with Gasteiger partial charge in [0.1, 0.15) is 5.00 Å². The van der Waals surface area contributed by atoms with E-state index in [1.54, 1.807) is 13.8 Å². The van der Waals surface area contributed by atoms with Crippen molar-refractivity contribution >= 4 is 34.2 Å². The van der Waals surface area contributed by atoms with Crippen LogP contribution in [0.3, 0.4) is 0 Å². The number of nitrogens with one attached hydrogen (secondary N) is 1. The summed E-state index contributed by atoms with van der Waals surface area (Å²) in [6, 6.07) is 0. The molecule has 7 heteroatoms. The number of rotatable bonds is 5. The summed E-state index contributed by atoms with van der Waals surface area (Å²) >= 11 is 1.45. The van der Waals surface area contributed by atoms with Gasteiger partial charge in [0.2, 0.25) is 5.91 Å². The summed E-state index contributed by atoms with van der Waals surface area (Å²) < 4.78 is 5.45. The van der Waals surface area contributed by atoms with E-state index in [9.17, 15) is 19.5 Å². The molecule has 0 bridgehead atoms. The number of thiophene rings is 1. The molecule has 2 atom stereocenters. The number of carboxylic acids is 1. The van der Waals surface area contributed by atoms with E-state index in [1.807, 2.05) is 0 Å². The molecule has 28 heavy (non-hydrogen) atoms. The van der Waals surface area contributed by atoms with E-state index >= 15 is 0 Å². The number of carboxylic acid groups (broad SMARTS) is 1. The van der Waals surface area contributed by atoms with Crippen molar-refractivity contribution in [3.63, 3.8) is 0 Å². The van der Waals surface area contributed by atoms with Crippen LogP contribution in [-0.2, 0) is 27.2 Å². The standard InChI is InChI=1S/C21H29NO5S/c1-12(2)27-21(26)17-15-10-4-3-5-11-16(15)28-19(17)22-18(23)13-8-6-7-9-14(13)20(24)25/h12-14H,3-11H2,1-2H3,(H,22,23)(H,24,25). The molecule has 0 aromatic carbocycles. The Morgan fingerprint density at radius 3 is 2.39 bits per heavy atom. The SMILES string of the molecule is CC(C)OC(=O)c1c(NC(=O)C2CCCCC2C(=O)O)sc2c1CCCCC2. The number of carbonyl (C=O) groups is 3. The average Bonchev–Trinajstić information content (AvgIpc) is 2.81. The summed E-state index contributed by atoms with van der Waals surface area (Å²) in [6.45, 7) is 3.61. The van der Waals surface area contributed by atoms with Crippen molar-refractivity contribution in [2.24, 2.45) is 11.8 Å². The van der Waals surface area contributed by atoms with Crippen LogP contribution in [0.4, 0.5) is 5.00 Å². The minimum atomic E-state index is -0.916. The van der Waals surface area contributed by atoms with Gasteiger partial charge in [-0.05, 0) is 57.9 Å². The number of fused-ring (bicyclic) bond motifs is 1. The maximum atomic E-state index is 12.9. The van der Waals surface area contributed by atoms with Gasteiger partial charge in [0.25, 0.3) is 0 Å². The molecule has 154 valence electrons. The number of aryl methyl sites for hydroxylation is 1. The first kappa shape index (κ1) is 20.8. The Kier molecular flexibility index (Phi) is 6.75. The van der Waals surface area contributed by atoms with E-state index in [0.29, 0.717) is 23.4 Å². The molecular weight excluding hydrogens is 378 g/mol. The predicted octanol–water partition coefficient (Wildman–Crippen LogP) is 4.41. The van der Waals surface area contributed by atoms with Gasteiger partial charge in [0.05, 0.1) is 23.5 Å². The van der Waals surface area contributed by atoms with Crippen LogP contribution < -0.4 is 5.32 Å². The monoisotopic (exact) mass is 407 g/mol. The predicted molar refractivity (Wildman–Crippen MR) is 108 cm³/mol. The Balaban J connectivity index is 1.89. The second-order valence-corrected chi connectivity index (χ2v) is 9.15. The second kappa shape index (κ2) is 9.07. The van der Waals surface area contributed by atoms with E-state index < -0.39 is 23.8 Å². The molecule has 0 saturated heterocycles. The number of esters is 1. The van der Waals surface area contributed by atoms with Gasteiger partial charge in [-0.1, -0.05) is 19.3 Å². The number of anilines is 1. The Morgan fingerprint density at radius 1 is 1.04 bits per heavy atom. The van der Waals surface area contributed by atoms with Crippen molar-refractivity contribution < 1.29 is 24.2 Å². The van der Waals surface area contributed by atoms with Crippen molar-refractivity contribution in [3.8, 4) is 0 Å². The van der Waals surface area contributed by atoms with Gasteiger partial charge in [0, 0.05) is 4.88 Å². The molecule has 2 N–H and O–H groups in total. The zero-order chi connectivity index (χ0) is 20.3. The van der Waals surface area contributed by atoms with Gasteiger partial charge in [-0.15, -0.1) is 11.3 Å². The van der Waals surface area contributed by atoms with Crippen LogP contribution in [-0.4, -0.2) is 29.1 Å². The lowest BCUT2D eigenvalue weighted by molar-refractivity contribution is -0.147. The second-order valence-electron chi connectivity index (χ2n) is 8.05.